The highest BCUT2D eigenvalue weighted by molar-refractivity contribution is 5.24. The molecule has 0 heterocycles. The Hall–Kier alpha value is -1.60. The van der Waals surface area contributed by atoms with Gasteiger partial charge in [0, 0.05) is 18.9 Å². The Morgan fingerprint density at radius 3 is 2.69 bits per heavy atom. The Bertz CT molecular complexity index is 394. The molecular formula is C12H12F2O2. The molecular weight excluding hydrogens is 214 g/mol. The Morgan fingerprint density at radius 1 is 1.19 bits per heavy atom. The standard InChI is InChI=1S/C12H12F2O2/c13-10-5-6-11(14)12(9-10)16-8-4-2-1-3-7-15/h5-6,9,15H,3-4,7-8H2. The van der Waals surface area contributed by atoms with Crippen LogP contribution in [0.5, 0.6) is 5.75 Å². The van der Waals surface area contributed by atoms with E-state index in [0.29, 0.717) is 12.8 Å². The van der Waals surface area contributed by atoms with Crippen molar-refractivity contribution in [1.82, 2.24) is 0 Å². The summed E-state index contributed by atoms with van der Waals surface area (Å²) in [5.74, 6) is 4.20. The van der Waals surface area contributed by atoms with E-state index >= 15 is 0 Å². The molecule has 0 bridgehead atoms. The molecule has 4 heteroatoms. The minimum atomic E-state index is -0.593. The van der Waals surface area contributed by atoms with Crippen LogP contribution in [0.4, 0.5) is 8.78 Å². The quantitative estimate of drug-likeness (QED) is 0.629. The molecule has 0 atom stereocenters. The molecule has 0 radical (unpaired) electrons. The fraction of sp³-hybridized carbons (Fsp3) is 0.333. The van der Waals surface area contributed by atoms with E-state index in [9.17, 15) is 8.78 Å². The predicted molar refractivity (Wildman–Crippen MR) is 55.9 cm³/mol. The lowest BCUT2D eigenvalue weighted by Crippen LogP contribution is -1.98. The summed E-state index contributed by atoms with van der Waals surface area (Å²) in [5.41, 5.74) is 0. The van der Waals surface area contributed by atoms with E-state index in [4.69, 9.17) is 9.84 Å². The highest BCUT2D eigenvalue weighted by Crippen LogP contribution is 2.17. The van der Waals surface area contributed by atoms with Crippen molar-refractivity contribution in [2.45, 2.75) is 12.8 Å². The summed E-state index contributed by atoms with van der Waals surface area (Å²) in [5, 5.41) is 8.44. The second kappa shape index (κ2) is 6.81. The molecule has 16 heavy (non-hydrogen) atoms. The molecule has 1 N–H and O–H groups in total. The smallest absolute Gasteiger partial charge is 0.165 e. The summed E-state index contributed by atoms with van der Waals surface area (Å²) in [7, 11) is 0. The first-order chi connectivity index (χ1) is 7.74. The highest BCUT2D eigenvalue weighted by atomic mass is 19.1. The van der Waals surface area contributed by atoms with Crippen LogP contribution < -0.4 is 4.74 Å². The largest absolute Gasteiger partial charge is 0.489 e. The Kier molecular flexibility index (Phi) is 5.30. The fourth-order valence-corrected chi connectivity index (χ4v) is 1.03. The molecule has 0 aliphatic carbocycles. The van der Waals surface area contributed by atoms with E-state index < -0.39 is 11.6 Å². The van der Waals surface area contributed by atoms with Crippen molar-refractivity contribution in [3.63, 3.8) is 0 Å². The van der Waals surface area contributed by atoms with Gasteiger partial charge in [-0.1, -0.05) is 5.92 Å². The van der Waals surface area contributed by atoms with Crippen LogP contribution in [0.3, 0.4) is 0 Å². The molecule has 1 aromatic rings. The minimum absolute atomic E-state index is 0.0202. The molecule has 0 aliphatic heterocycles. The van der Waals surface area contributed by atoms with E-state index in [1.54, 1.807) is 0 Å². The molecule has 86 valence electrons. The second-order valence-corrected chi connectivity index (χ2v) is 3.00. The van der Waals surface area contributed by atoms with Crippen LogP contribution in [0.2, 0.25) is 0 Å². The molecule has 0 aromatic heterocycles. The monoisotopic (exact) mass is 226 g/mol. The summed E-state index contributed by atoms with van der Waals surface area (Å²) >= 11 is 0. The number of benzene rings is 1. The van der Waals surface area contributed by atoms with Crippen LogP contribution in [-0.2, 0) is 0 Å². The van der Waals surface area contributed by atoms with Crippen LogP contribution in [0.25, 0.3) is 0 Å². The average Bonchev–Trinajstić information content (AvgIpc) is 2.28. The Labute approximate surface area is 92.9 Å². The summed E-state index contributed by atoms with van der Waals surface area (Å²) in [4.78, 5) is 0. The van der Waals surface area contributed by atoms with Gasteiger partial charge in [-0.05, 0) is 12.1 Å². The molecule has 0 unspecified atom stereocenters. The lowest BCUT2D eigenvalue weighted by Gasteiger charge is -2.04. The van der Waals surface area contributed by atoms with Gasteiger partial charge < -0.3 is 9.84 Å². The molecule has 0 amide bonds. The first kappa shape index (κ1) is 12.5. The van der Waals surface area contributed by atoms with E-state index in [1.165, 1.54) is 0 Å². The molecule has 0 spiro atoms. The van der Waals surface area contributed by atoms with Crippen molar-refractivity contribution < 1.29 is 18.6 Å². The number of rotatable bonds is 4. The molecule has 0 saturated carbocycles. The molecule has 0 aliphatic rings. The zero-order valence-corrected chi connectivity index (χ0v) is 8.67. The van der Waals surface area contributed by atoms with Crippen molar-refractivity contribution in [3.05, 3.63) is 29.8 Å². The lowest BCUT2D eigenvalue weighted by molar-refractivity contribution is 0.303. The third kappa shape index (κ3) is 4.28. The zero-order valence-electron chi connectivity index (χ0n) is 8.67. The summed E-state index contributed by atoms with van der Waals surface area (Å²) in [6.07, 6.45) is 0.824. The second-order valence-electron chi connectivity index (χ2n) is 3.00. The van der Waals surface area contributed by atoms with Gasteiger partial charge in [-0.2, -0.15) is 0 Å². The van der Waals surface area contributed by atoms with Gasteiger partial charge in [-0.3, -0.25) is 0 Å². The molecule has 1 rings (SSSR count). The maximum Gasteiger partial charge on any atom is 0.165 e. The van der Waals surface area contributed by atoms with Gasteiger partial charge in [0.05, 0.1) is 13.2 Å². The highest BCUT2D eigenvalue weighted by Gasteiger charge is 2.03. The third-order valence-electron chi connectivity index (χ3n) is 1.74. The normalized spacial score (nSPS) is 9.44. The number of aliphatic hydroxyl groups excluding tert-OH is 1. The SMILES string of the molecule is OCCC#CCCOc1cc(F)ccc1F. The van der Waals surface area contributed by atoms with Crippen LogP contribution >= 0.6 is 0 Å². The van der Waals surface area contributed by atoms with Crippen LogP contribution in [-0.4, -0.2) is 18.3 Å². The first-order valence-electron chi connectivity index (χ1n) is 4.88. The van der Waals surface area contributed by atoms with Gasteiger partial charge in [0.15, 0.2) is 11.6 Å². The van der Waals surface area contributed by atoms with Gasteiger partial charge in [-0.15, -0.1) is 5.92 Å². The van der Waals surface area contributed by atoms with Crippen molar-refractivity contribution in [3.8, 4) is 17.6 Å². The van der Waals surface area contributed by atoms with Gasteiger partial charge in [0.2, 0.25) is 0 Å². The Morgan fingerprint density at radius 2 is 1.94 bits per heavy atom. The van der Waals surface area contributed by atoms with Gasteiger partial charge >= 0.3 is 0 Å². The van der Waals surface area contributed by atoms with Crippen molar-refractivity contribution in [1.29, 1.82) is 0 Å². The summed E-state index contributed by atoms with van der Waals surface area (Å²) in [6.45, 7) is 0.213. The lowest BCUT2D eigenvalue weighted by atomic mass is 10.3. The van der Waals surface area contributed by atoms with Gasteiger partial charge in [-0.25, -0.2) is 8.78 Å². The number of ether oxygens (including phenoxy) is 1. The van der Waals surface area contributed by atoms with E-state index in [2.05, 4.69) is 11.8 Å². The van der Waals surface area contributed by atoms with Crippen LogP contribution in [0.15, 0.2) is 18.2 Å². The number of hydrogen-bond acceptors (Lipinski definition) is 2. The van der Waals surface area contributed by atoms with E-state index in [1.807, 2.05) is 0 Å². The fourth-order valence-electron chi connectivity index (χ4n) is 1.03. The van der Waals surface area contributed by atoms with Gasteiger partial charge in [0.25, 0.3) is 0 Å². The van der Waals surface area contributed by atoms with Crippen molar-refractivity contribution in [2.24, 2.45) is 0 Å². The Balaban J connectivity index is 2.38. The number of aliphatic hydroxyl groups is 1. The van der Waals surface area contributed by atoms with Crippen molar-refractivity contribution >= 4 is 0 Å². The first-order valence-corrected chi connectivity index (χ1v) is 4.88. The van der Waals surface area contributed by atoms with Crippen LogP contribution in [0, 0.1) is 23.5 Å². The third-order valence-corrected chi connectivity index (χ3v) is 1.74. The van der Waals surface area contributed by atoms with Crippen LogP contribution in [0.1, 0.15) is 12.8 Å². The van der Waals surface area contributed by atoms with E-state index in [0.717, 1.165) is 18.2 Å². The average molecular weight is 226 g/mol. The predicted octanol–water partition coefficient (Wildman–Crippen LogP) is 2.12. The summed E-state index contributed by atoms with van der Waals surface area (Å²) < 4.78 is 30.8. The molecule has 2 nitrogen and oxygen atoms in total. The zero-order chi connectivity index (χ0) is 11.8. The maximum absolute atomic E-state index is 13.0. The number of halogens is 2. The molecule has 0 fully saturated rings. The number of hydrogen-bond donors (Lipinski definition) is 1. The minimum Gasteiger partial charge on any atom is -0.489 e. The van der Waals surface area contributed by atoms with Crippen molar-refractivity contribution in [2.75, 3.05) is 13.2 Å². The topological polar surface area (TPSA) is 29.5 Å². The van der Waals surface area contributed by atoms with E-state index in [-0.39, 0.29) is 19.0 Å². The van der Waals surface area contributed by atoms with Gasteiger partial charge in [0.1, 0.15) is 5.82 Å². The summed E-state index contributed by atoms with van der Waals surface area (Å²) in [6, 6.07) is 3.04. The maximum atomic E-state index is 13.0. The molecule has 1 aromatic carbocycles. The molecule has 0 saturated heterocycles.